The Kier molecular flexibility index (Phi) is 5.58. The van der Waals surface area contributed by atoms with E-state index in [2.05, 4.69) is 0 Å². The van der Waals surface area contributed by atoms with Gasteiger partial charge in [-0.25, -0.2) is 4.79 Å². The van der Waals surface area contributed by atoms with Gasteiger partial charge in [-0.1, -0.05) is 35.9 Å². The number of ketones is 1. The molecule has 5 nitrogen and oxygen atoms in total. The summed E-state index contributed by atoms with van der Waals surface area (Å²) in [5, 5.41) is 0. The second kappa shape index (κ2) is 8.48. The zero-order valence-electron chi connectivity index (χ0n) is 17.6. The number of hydrogen-bond acceptors (Lipinski definition) is 5. The third-order valence-electron chi connectivity index (χ3n) is 4.95. The quantitative estimate of drug-likeness (QED) is 0.312. The normalized spacial score (nSPS) is 13.6. The van der Waals surface area contributed by atoms with Gasteiger partial charge in [-0.2, -0.15) is 0 Å². The maximum absolute atomic E-state index is 12.9. The van der Waals surface area contributed by atoms with Crippen LogP contribution in [-0.2, 0) is 0 Å². The van der Waals surface area contributed by atoms with Gasteiger partial charge < -0.3 is 14.2 Å². The summed E-state index contributed by atoms with van der Waals surface area (Å²) in [5.74, 6) is 0.893. The highest BCUT2D eigenvalue weighted by Gasteiger charge is 2.30. The highest BCUT2D eigenvalue weighted by atomic mass is 16.5. The first-order valence-electron chi connectivity index (χ1n) is 10.1. The first kappa shape index (κ1) is 20.4. The lowest BCUT2D eigenvalue weighted by Gasteiger charge is -2.08. The van der Waals surface area contributed by atoms with Crippen LogP contribution in [0, 0.1) is 13.8 Å². The van der Waals surface area contributed by atoms with Crippen LogP contribution < -0.4 is 14.2 Å². The molecule has 0 saturated carbocycles. The van der Waals surface area contributed by atoms with Gasteiger partial charge in [0.15, 0.2) is 5.76 Å². The van der Waals surface area contributed by atoms with Crippen LogP contribution in [0.15, 0.2) is 66.4 Å². The molecule has 0 aromatic heterocycles. The fourth-order valence-corrected chi connectivity index (χ4v) is 3.42. The standard InChI is InChI=1S/C26H22O5/c1-4-29-21-8-6-5-7-19(21)14-23-25(27)24-17(3)13-20(15-22(24)31-23)30-26(28)18-11-9-16(2)10-12-18/h5-15H,4H2,1-3H3/b23-14-. The van der Waals surface area contributed by atoms with E-state index in [0.717, 1.165) is 11.1 Å². The molecule has 3 aromatic rings. The minimum absolute atomic E-state index is 0.201. The average molecular weight is 414 g/mol. The minimum Gasteiger partial charge on any atom is -0.493 e. The lowest BCUT2D eigenvalue weighted by atomic mass is 10.0. The van der Waals surface area contributed by atoms with Crippen LogP contribution in [0.1, 0.15) is 44.3 Å². The minimum atomic E-state index is -0.468. The summed E-state index contributed by atoms with van der Waals surface area (Å²) < 4.78 is 17.0. The zero-order chi connectivity index (χ0) is 22.0. The summed E-state index contributed by atoms with van der Waals surface area (Å²) in [5.41, 5.74) is 3.41. The third-order valence-corrected chi connectivity index (χ3v) is 4.95. The Balaban J connectivity index is 1.61. The summed E-state index contributed by atoms with van der Waals surface area (Å²) in [4.78, 5) is 25.4. The molecule has 0 fully saturated rings. The molecule has 0 radical (unpaired) electrons. The number of ether oxygens (including phenoxy) is 3. The van der Waals surface area contributed by atoms with Gasteiger partial charge in [0.1, 0.15) is 17.2 Å². The molecule has 0 unspecified atom stereocenters. The van der Waals surface area contributed by atoms with E-state index < -0.39 is 5.97 Å². The highest BCUT2D eigenvalue weighted by molar-refractivity contribution is 6.15. The second-order valence-electron chi connectivity index (χ2n) is 7.28. The number of fused-ring (bicyclic) bond motifs is 1. The first-order chi connectivity index (χ1) is 15.0. The Morgan fingerprint density at radius 1 is 1.03 bits per heavy atom. The van der Waals surface area contributed by atoms with E-state index >= 15 is 0 Å². The van der Waals surface area contributed by atoms with E-state index in [1.165, 1.54) is 0 Å². The van der Waals surface area contributed by atoms with Gasteiger partial charge in [0.2, 0.25) is 5.78 Å². The summed E-state index contributed by atoms with van der Waals surface area (Å²) in [6, 6.07) is 17.8. The number of benzene rings is 3. The maximum Gasteiger partial charge on any atom is 0.343 e. The van der Waals surface area contributed by atoms with Crippen LogP contribution in [0.2, 0.25) is 0 Å². The van der Waals surface area contributed by atoms with Crippen molar-refractivity contribution in [1.29, 1.82) is 0 Å². The number of allylic oxidation sites excluding steroid dienone is 1. The van der Waals surface area contributed by atoms with Crippen molar-refractivity contribution in [2.75, 3.05) is 6.61 Å². The van der Waals surface area contributed by atoms with Crippen LogP contribution in [0.5, 0.6) is 17.2 Å². The molecule has 5 heteroatoms. The monoisotopic (exact) mass is 414 g/mol. The van der Waals surface area contributed by atoms with E-state index in [0.29, 0.717) is 40.5 Å². The van der Waals surface area contributed by atoms with Gasteiger partial charge in [0.25, 0.3) is 0 Å². The molecule has 1 aliphatic rings. The number of para-hydroxylation sites is 1. The number of Topliss-reactive ketones (excluding diaryl/α,β-unsaturated/α-hetero) is 1. The van der Waals surface area contributed by atoms with E-state index in [9.17, 15) is 9.59 Å². The van der Waals surface area contributed by atoms with Crippen LogP contribution >= 0.6 is 0 Å². The van der Waals surface area contributed by atoms with Crippen molar-refractivity contribution >= 4 is 17.8 Å². The van der Waals surface area contributed by atoms with Gasteiger partial charge in [0.05, 0.1) is 17.7 Å². The molecule has 0 aliphatic carbocycles. The van der Waals surface area contributed by atoms with Crippen LogP contribution in [0.4, 0.5) is 0 Å². The summed E-state index contributed by atoms with van der Waals surface area (Å²) in [7, 11) is 0. The van der Waals surface area contributed by atoms with E-state index in [4.69, 9.17) is 14.2 Å². The van der Waals surface area contributed by atoms with E-state index in [-0.39, 0.29) is 11.5 Å². The van der Waals surface area contributed by atoms with Gasteiger partial charge in [-0.15, -0.1) is 0 Å². The number of hydrogen-bond donors (Lipinski definition) is 0. The zero-order valence-corrected chi connectivity index (χ0v) is 17.6. The molecule has 0 atom stereocenters. The Labute approximate surface area is 180 Å². The van der Waals surface area contributed by atoms with E-state index in [1.807, 2.05) is 50.2 Å². The van der Waals surface area contributed by atoms with Gasteiger partial charge in [-0.05, 0) is 56.7 Å². The molecule has 0 N–H and O–H groups in total. The van der Waals surface area contributed by atoms with Crippen molar-refractivity contribution in [2.45, 2.75) is 20.8 Å². The molecule has 3 aromatic carbocycles. The topological polar surface area (TPSA) is 61.8 Å². The number of carbonyl (C=O) groups is 2. The van der Waals surface area contributed by atoms with Crippen molar-refractivity contribution in [3.05, 3.63) is 94.2 Å². The van der Waals surface area contributed by atoms with Crippen molar-refractivity contribution in [2.24, 2.45) is 0 Å². The Morgan fingerprint density at radius 3 is 2.52 bits per heavy atom. The third kappa shape index (κ3) is 4.21. The molecular weight excluding hydrogens is 392 g/mol. The summed E-state index contributed by atoms with van der Waals surface area (Å²) in [6.07, 6.45) is 1.67. The molecule has 1 heterocycles. The lowest BCUT2D eigenvalue weighted by molar-refractivity contribution is 0.0734. The molecule has 0 saturated heterocycles. The number of aryl methyl sites for hydroxylation is 2. The molecule has 0 amide bonds. The first-order valence-corrected chi connectivity index (χ1v) is 10.1. The van der Waals surface area contributed by atoms with Crippen LogP contribution in [0.25, 0.3) is 6.08 Å². The lowest BCUT2D eigenvalue weighted by Crippen LogP contribution is -2.08. The molecule has 4 rings (SSSR count). The van der Waals surface area contributed by atoms with Gasteiger partial charge >= 0.3 is 5.97 Å². The molecular formula is C26H22O5. The fourth-order valence-electron chi connectivity index (χ4n) is 3.42. The van der Waals surface area contributed by atoms with E-state index in [1.54, 1.807) is 37.3 Å². The van der Waals surface area contributed by atoms with Crippen molar-refractivity contribution in [1.82, 2.24) is 0 Å². The van der Waals surface area contributed by atoms with Crippen LogP contribution in [-0.4, -0.2) is 18.4 Å². The molecule has 1 aliphatic heterocycles. The SMILES string of the molecule is CCOc1ccccc1/C=C1\Oc2cc(OC(=O)c3ccc(C)cc3)cc(C)c2C1=O. The van der Waals surface area contributed by atoms with Crippen LogP contribution in [0.3, 0.4) is 0 Å². The van der Waals surface area contributed by atoms with Crippen molar-refractivity contribution in [3.8, 4) is 17.2 Å². The molecule has 0 bridgehead atoms. The fraction of sp³-hybridized carbons (Fsp3) is 0.154. The largest absolute Gasteiger partial charge is 0.493 e. The summed E-state index contributed by atoms with van der Waals surface area (Å²) in [6.45, 7) is 6.16. The number of esters is 1. The van der Waals surface area contributed by atoms with Gasteiger partial charge in [-0.3, -0.25) is 4.79 Å². The van der Waals surface area contributed by atoms with Crippen molar-refractivity contribution < 1.29 is 23.8 Å². The predicted octanol–water partition coefficient (Wildman–Crippen LogP) is 5.54. The molecule has 156 valence electrons. The maximum atomic E-state index is 12.9. The Bertz CT molecular complexity index is 1190. The molecule has 31 heavy (non-hydrogen) atoms. The second-order valence-corrected chi connectivity index (χ2v) is 7.28. The molecule has 0 spiro atoms. The Hall–Kier alpha value is -3.86. The highest BCUT2D eigenvalue weighted by Crippen LogP contribution is 2.38. The number of rotatable bonds is 5. The predicted molar refractivity (Wildman–Crippen MR) is 118 cm³/mol. The summed E-state index contributed by atoms with van der Waals surface area (Å²) >= 11 is 0. The average Bonchev–Trinajstić information content (AvgIpc) is 3.05. The van der Waals surface area contributed by atoms with Crippen molar-refractivity contribution in [3.63, 3.8) is 0 Å². The number of carbonyl (C=O) groups excluding carboxylic acids is 2. The smallest absolute Gasteiger partial charge is 0.343 e. The Morgan fingerprint density at radius 2 is 1.77 bits per heavy atom. The van der Waals surface area contributed by atoms with Gasteiger partial charge in [0, 0.05) is 11.6 Å².